The van der Waals surface area contributed by atoms with E-state index >= 15 is 0 Å². The van der Waals surface area contributed by atoms with Crippen molar-refractivity contribution in [3.63, 3.8) is 0 Å². The first-order chi connectivity index (χ1) is 8.04. The first-order valence-electron chi connectivity index (χ1n) is 6.30. The Bertz CT molecular complexity index is 291. The maximum absolute atomic E-state index is 11.7. The van der Waals surface area contributed by atoms with Crippen LogP contribution in [0.15, 0.2) is 4.99 Å². The van der Waals surface area contributed by atoms with E-state index in [0.29, 0.717) is 11.2 Å². The van der Waals surface area contributed by atoms with E-state index < -0.39 is 0 Å². The lowest BCUT2D eigenvalue weighted by atomic mass is 10.1. The summed E-state index contributed by atoms with van der Waals surface area (Å²) in [4.78, 5) is 16.1. The van der Waals surface area contributed by atoms with Crippen LogP contribution in [0.4, 0.5) is 0 Å². The molecule has 17 heavy (non-hydrogen) atoms. The quantitative estimate of drug-likeness (QED) is 0.787. The molecule has 1 aliphatic rings. The number of amides is 1. The highest BCUT2D eigenvalue weighted by Gasteiger charge is 2.24. The third kappa shape index (κ3) is 4.58. The van der Waals surface area contributed by atoms with Crippen LogP contribution in [0.1, 0.15) is 34.1 Å². The van der Waals surface area contributed by atoms with E-state index in [9.17, 15) is 4.79 Å². The number of carbonyl (C=O) groups excluding carboxylic acids is 1. The van der Waals surface area contributed by atoms with Gasteiger partial charge in [-0.15, -0.1) is 0 Å². The minimum atomic E-state index is -0.210. The summed E-state index contributed by atoms with van der Waals surface area (Å²) in [6.45, 7) is 9.91. The van der Waals surface area contributed by atoms with Crippen molar-refractivity contribution in [3.05, 3.63) is 0 Å². The molecule has 1 rings (SSSR count). The Balaban J connectivity index is 2.32. The SMILES string of the molecule is CCCNC(=O)C(C)NC1=NCC(C(C)C)S1. The molecule has 1 aliphatic heterocycles. The van der Waals surface area contributed by atoms with Gasteiger partial charge < -0.3 is 10.6 Å². The van der Waals surface area contributed by atoms with Crippen molar-refractivity contribution in [2.45, 2.75) is 45.4 Å². The van der Waals surface area contributed by atoms with Crippen LogP contribution in [0.3, 0.4) is 0 Å². The number of aliphatic imine (C=N–C) groups is 1. The van der Waals surface area contributed by atoms with Gasteiger partial charge in [-0.05, 0) is 19.3 Å². The van der Waals surface area contributed by atoms with Crippen molar-refractivity contribution < 1.29 is 4.79 Å². The molecule has 2 unspecified atom stereocenters. The second-order valence-electron chi connectivity index (χ2n) is 4.70. The standard InChI is InChI=1S/C12H23N3OS/c1-5-6-13-11(16)9(4)15-12-14-7-10(17-12)8(2)3/h8-10H,5-7H2,1-4H3,(H,13,16)(H,14,15). The first-order valence-corrected chi connectivity index (χ1v) is 7.18. The van der Waals surface area contributed by atoms with Crippen molar-refractivity contribution in [3.8, 4) is 0 Å². The van der Waals surface area contributed by atoms with Crippen LogP contribution in [-0.4, -0.2) is 35.5 Å². The average Bonchev–Trinajstić information content (AvgIpc) is 2.74. The zero-order valence-corrected chi connectivity index (χ0v) is 11.9. The lowest BCUT2D eigenvalue weighted by molar-refractivity contribution is -0.122. The molecule has 0 aromatic carbocycles. The van der Waals surface area contributed by atoms with Gasteiger partial charge in [0.1, 0.15) is 6.04 Å². The largest absolute Gasteiger partial charge is 0.354 e. The van der Waals surface area contributed by atoms with Crippen LogP contribution in [0.2, 0.25) is 0 Å². The van der Waals surface area contributed by atoms with Crippen LogP contribution >= 0.6 is 11.8 Å². The Morgan fingerprint density at radius 2 is 2.24 bits per heavy atom. The second-order valence-corrected chi connectivity index (χ2v) is 5.93. The van der Waals surface area contributed by atoms with E-state index in [2.05, 4.69) is 29.5 Å². The van der Waals surface area contributed by atoms with E-state index in [1.807, 2.05) is 13.8 Å². The topological polar surface area (TPSA) is 53.5 Å². The third-order valence-electron chi connectivity index (χ3n) is 2.70. The summed E-state index contributed by atoms with van der Waals surface area (Å²) in [5.41, 5.74) is 0. The van der Waals surface area contributed by atoms with Crippen LogP contribution < -0.4 is 10.6 Å². The van der Waals surface area contributed by atoms with Crippen LogP contribution in [0.5, 0.6) is 0 Å². The van der Waals surface area contributed by atoms with E-state index in [-0.39, 0.29) is 11.9 Å². The van der Waals surface area contributed by atoms with Crippen LogP contribution in [-0.2, 0) is 4.79 Å². The van der Waals surface area contributed by atoms with Crippen molar-refractivity contribution in [2.24, 2.45) is 10.9 Å². The van der Waals surface area contributed by atoms with E-state index in [1.165, 1.54) is 0 Å². The Morgan fingerprint density at radius 3 is 2.76 bits per heavy atom. The van der Waals surface area contributed by atoms with Crippen molar-refractivity contribution >= 4 is 22.8 Å². The van der Waals surface area contributed by atoms with Crippen molar-refractivity contribution in [1.29, 1.82) is 0 Å². The predicted molar refractivity (Wildman–Crippen MR) is 74.4 cm³/mol. The van der Waals surface area contributed by atoms with Gasteiger partial charge in [0.05, 0.1) is 6.54 Å². The zero-order valence-electron chi connectivity index (χ0n) is 11.1. The maximum Gasteiger partial charge on any atom is 0.242 e. The molecule has 5 heteroatoms. The van der Waals surface area contributed by atoms with Gasteiger partial charge >= 0.3 is 0 Å². The van der Waals surface area contributed by atoms with Gasteiger partial charge in [0.2, 0.25) is 5.91 Å². The Hall–Kier alpha value is -0.710. The van der Waals surface area contributed by atoms with Gasteiger partial charge in [-0.3, -0.25) is 9.79 Å². The number of thioether (sulfide) groups is 1. The van der Waals surface area contributed by atoms with Gasteiger partial charge in [0.15, 0.2) is 5.17 Å². The van der Waals surface area contributed by atoms with Gasteiger partial charge in [-0.1, -0.05) is 32.5 Å². The fourth-order valence-corrected chi connectivity index (χ4v) is 2.57. The molecule has 0 aromatic rings. The zero-order chi connectivity index (χ0) is 12.8. The number of carbonyl (C=O) groups is 1. The highest BCUT2D eigenvalue weighted by Crippen LogP contribution is 2.25. The molecule has 98 valence electrons. The van der Waals surface area contributed by atoms with Gasteiger partial charge in [-0.2, -0.15) is 0 Å². The molecule has 0 fully saturated rings. The number of rotatable bonds is 5. The fraction of sp³-hybridized carbons (Fsp3) is 0.833. The molecular formula is C12H23N3OS. The normalized spacial score (nSPS) is 21.2. The summed E-state index contributed by atoms with van der Waals surface area (Å²) in [5, 5.41) is 7.50. The Morgan fingerprint density at radius 1 is 1.53 bits per heavy atom. The van der Waals surface area contributed by atoms with E-state index in [0.717, 1.165) is 24.7 Å². The molecule has 0 spiro atoms. The van der Waals surface area contributed by atoms with Crippen LogP contribution in [0, 0.1) is 5.92 Å². The monoisotopic (exact) mass is 257 g/mol. The summed E-state index contributed by atoms with van der Waals surface area (Å²) in [6.07, 6.45) is 0.962. The summed E-state index contributed by atoms with van der Waals surface area (Å²) in [7, 11) is 0. The van der Waals surface area contributed by atoms with Gasteiger partial charge in [0, 0.05) is 11.8 Å². The molecular weight excluding hydrogens is 234 g/mol. The van der Waals surface area contributed by atoms with Gasteiger partial charge in [-0.25, -0.2) is 0 Å². The molecule has 0 aromatic heterocycles. The average molecular weight is 257 g/mol. The summed E-state index contributed by atoms with van der Waals surface area (Å²) >= 11 is 1.75. The smallest absolute Gasteiger partial charge is 0.242 e. The predicted octanol–water partition coefficient (Wildman–Crippen LogP) is 1.62. The Kier molecular flexibility index (Phi) is 5.82. The van der Waals surface area contributed by atoms with E-state index in [1.54, 1.807) is 11.8 Å². The van der Waals surface area contributed by atoms with Crippen molar-refractivity contribution in [2.75, 3.05) is 13.1 Å². The second kappa shape index (κ2) is 6.89. The number of nitrogens with zero attached hydrogens (tertiary/aromatic N) is 1. The van der Waals surface area contributed by atoms with E-state index in [4.69, 9.17) is 0 Å². The summed E-state index contributed by atoms with van der Waals surface area (Å²) < 4.78 is 0. The number of nitrogens with one attached hydrogen (secondary N) is 2. The molecule has 2 atom stereocenters. The highest BCUT2D eigenvalue weighted by atomic mass is 32.2. The molecule has 0 radical (unpaired) electrons. The molecule has 4 nitrogen and oxygen atoms in total. The first kappa shape index (κ1) is 14.4. The number of hydrogen-bond acceptors (Lipinski definition) is 4. The third-order valence-corrected chi connectivity index (χ3v) is 4.17. The molecule has 0 bridgehead atoms. The lowest BCUT2D eigenvalue weighted by Gasteiger charge is -2.16. The minimum absolute atomic E-state index is 0.0446. The summed E-state index contributed by atoms with van der Waals surface area (Å²) in [5.74, 6) is 0.662. The lowest BCUT2D eigenvalue weighted by Crippen LogP contribution is -2.44. The molecule has 0 saturated carbocycles. The number of amidine groups is 1. The molecule has 1 heterocycles. The van der Waals surface area contributed by atoms with Crippen LogP contribution in [0.25, 0.3) is 0 Å². The molecule has 0 saturated heterocycles. The minimum Gasteiger partial charge on any atom is -0.354 e. The fourth-order valence-electron chi connectivity index (χ4n) is 1.47. The molecule has 2 N–H and O–H groups in total. The van der Waals surface area contributed by atoms with Crippen molar-refractivity contribution in [1.82, 2.24) is 10.6 Å². The molecule has 0 aliphatic carbocycles. The molecule has 1 amide bonds. The highest BCUT2D eigenvalue weighted by molar-refractivity contribution is 8.14. The summed E-state index contributed by atoms with van der Waals surface area (Å²) in [6, 6.07) is -0.210. The Labute approximate surface area is 108 Å². The maximum atomic E-state index is 11.7. The number of hydrogen-bond donors (Lipinski definition) is 2. The van der Waals surface area contributed by atoms with Gasteiger partial charge in [0.25, 0.3) is 0 Å².